The summed E-state index contributed by atoms with van der Waals surface area (Å²) in [4.78, 5) is 20.5. The van der Waals surface area contributed by atoms with Crippen molar-refractivity contribution in [3.8, 4) is 0 Å². The summed E-state index contributed by atoms with van der Waals surface area (Å²) in [5.41, 5.74) is 0.918. The number of nitrogens with zero attached hydrogens (tertiary/aromatic N) is 1. The van der Waals surface area contributed by atoms with Gasteiger partial charge in [0, 0.05) is 38.8 Å². The van der Waals surface area contributed by atoms with Crippen LogP contribution in [-0.4, -0.2) is 64.4 Å². The number of carboxylic acid groups (broad SMARTS) is 2. The monoisotopic (exact) mass is 362 g/mol. The Balaban J connectivity index is 0.000000413. The van der Waals surface area contributed by atoms with Crippen LogP contribution in [0, 0.1) is 5.82 Å². The van der Waals surface area contributed by atoms with Gasteiger partial charge in [0.2, 0.25) is 0 Å². The highest BCUT2D eigenvalue weighted by Crippen LogP contribution is 2.18. The maximum absolute atomic E-state index is 13.4. The number of rotatable bonds is 4. The van der Waals surface area contributed by atoms with Crippen molar-refractivity contribution in [2.45, 2.75) is 19.0 Å². The van der Waals surface area contributed by atoms with E-state index in [1.807, 2.05) is 6.07 Å². The van der Waals surface area contributed by atoms with E-state index in [-0.39, 0.29) is 17.4 Å². The molecule has 0 saturated carbocycles. The second-order valence-electron chi connectivity index (χ2n) is 5.20. The zero-order valence-electron chi connectivity index (χ0n) is 12.9. The van der Waals surface area contributed by atoms with Crippen LogP contribution in [0.25, 0.3) is 0 Å². The number of carboxylic acids is 2. The van der Waals surface area contributed by atoms with E-state index in [9.17, 15) is 4.39 Å². The number of carbonyl (C=O) groups is 2. The van der Waals surface area contributed by atoms with Crippen molar-refractivity contribution in [1.82, 2.24) is 10.2 Å². The first-order valence-corrected chi connectivity index (χ1v) is 7.68. The second kappa shape index (κ2) is 10.2. The van der Waals surface area contributed by atoms with Gasteiger partial charge in [0.05, 0.1) is 5.02 Å². The average Bonchev–Trinajstić information content (AvgIpc) is 2.53. The van der Waals surface area contributed by atoms with Crippen LogP contribution in [0.2, 0.25) is 5.02 Å². The fraction of sp³-hybridized carbons (Fsp3) is 0.467. The molecule has 1 saturated heterocycles. The summed E-state index contributed by atoms with van der Waals surface area (Å²) in [7, 11) is 0. The molecule has 2 rings (SSSR count). The van der Waals surface area contributed by atoms with E-state index in [1.165, 1.54) is 6.07 Å². The first-order valence-electron chi connectivity index (χ1n) is 7.31. The van der Waals surface area contributed by atoms with Gasteiger partial charge in [0.1, 0.15) is 5.82 Å². The highest BCUT2D eigenvalue weighted by atomic mass is 35.5. The number of aliphatic carboxylic acids is 2. The van der Waals surface area contributed by atoms with Gasteiger partial charge in [-0.3, -0.25) is 4.90 Å². The molecule has 1 unspecified atom stereocenters. The van der Waals surface area contributed by atoms with Crippen molar-refractivity contribution in [2.75, 3.05) is 26.2 Å². The predicted molar refractivity (Wildman–Crippen MR) is 85.5 cm³/mol. The normalized spacial score (nSPS) is 17.7. The van der Waals surface area contributed by atoms with Crippen LogP contribution in [0.5, 0.6) is 0 Å². The SMILES string of the molecule is O=C(O)C(=O)O.OCCC1CNCCN1Cc1ccc(Cl)c(F)c1. The smallest absolute Gasteiger partial charge is 0.414 e. The van der Waals surface area contributed by atoms with E-state index < -0.39 is 11.9 Å². The van der Waals surface area contributed by atoms with E-state index in [2.05, 4.69) is 10.2 Å². The van der Waals surface area contributed by atoms with Crippen molar-refractivity contribution in [2.24, 2.45) is 0 Å². The Bertz CT molecular complexity index is 559. The molecule has 1 heterocycles. The molecule has 0 bridgehead atoms. The third kappa shape index (κ3) is 6.79. The Morgan fingerprint density at radius 1 is 1.33 bits per heavy atom. The van der Waals surface area contributed by atoms with Crippen molar-refractivity contribution in [1.29, 1.82) is 0 Å². The molecule has 1 aromatic carbocycles. The summed E-state index contributed by atoms with van der Waals surface area (Å²) >= 11 is 5.67. The van der Waals surface area contributed by atoms with Crippen LogP contribution in [0.4, 0.5) is 4.39 Å². The first-order chi connectivity index (χ1) is 11.3. The molecule has 9 heteroatoms. The van der Waals surface area contributed by atoms with E-state index in [0.29, 0.717) is 12.6 Å². The lowest BCUT2D eigenvalue weighted by molar-refractivity contribution is -0.159. The van der Waals surface area contributed by atoms with Crippen molar-refractivity contribution < 1.29 is 29.3 Å². The van der Waals surface area contributed by atoms with Gasteiger partial charge in [-0.25, -0.2) is 14.0 Å². The van der Waals surface area contributed by atoms with Gasteiger partial charge in [-0.1, -0.05) is 17.7 Å². The minimum absolute atomic E-state index is 0.158. The maximum atomic E-state index is 13.4. The summed E-state index contributed by atoms with van der Waals surface area (Å²) in [5, 5.41) is 27.3. The molecule has 1 aliphatic rings. The molecular weight excluding hydrogens is 343 g/mol. The molecule has 1 aromatic rings. The van der Waals surface area contributed by atoms with Crippen LogP contribution in [0.1, 0.15) is 12.0 Å². The van der Waals surface area contributed by atoms with Crippen LogP contribution < -0.4 is 5.32 Å². The lowest BCUT2D eigenvalue weighted by Crippen LogP contribution is -2.51. The number of aliphatic hydroxyl groups excluding tert-OH is 1. The molecule has 1 aliphatic heterocycles. The highest BCUT2D eigenvalue weighted by Gasteiger charge is 2.21. The van der Waals surface area contributed by atoms with Crippen molar-refractivity contribution >= 4 is 23.5 Å². The number of nitrogens with one attached hydrogen (secondary N) is 1. The number of benzene rings is 1. The zero-order valence-corrected chi connectivity index (χ0v) is 13.7. The molecule has 0 radical (unpaired) electrons. The second-order valence-corrected chi connectivity index (χ2v) is 5.61. The highest BCUT2D eigenvalue weighted by molar-refractivity contribution is 6.30. The van der Waals surface area contributed by atoms with Gasteiger partial charge in [0.25, 0.3) is 0 Å². The van der Waals surface area contributed by atoms with Crippen molar-refractivity contribution in [3.63, 3.8) is 0 Å². The van der Waals surface area contributed by atoms with Crippen LogP contribution in [0.15, 0.2) is 18.2 Å². The molecule has 7 nitrogen and oxygen atoms in total. The van der Waals surface area contributed by atoms with E-state index in [1.54, 1.807) is 6.07 Å². The van der Waals surface area contributed by atoms with Crippen LogP contribution in [-0.2, 0) is 16.1 Å². The molecule has 0 spiro atoms. The average molecular weight is 363 g/mol. The largest absolute Gasteiger partial charge is 0.473 e. The Morgan fingerprint density at radius 2 is 2.00 bits per heavy atom. The third-order valence-corrected chi connectivity index (χ3v) is 3.79. The Kier molecular flexibility index (Phi) is 8.62. The number of halogens is 2. The van der Waals surface area contributed by atoms with E-state index in [0.717, 1.165) is 31.6 Å². The molecular formula is C15H20ClFN2O5. The third-order valence-electron chi connectivity index (χ3n) is 3.49. The summed E-state index contributed by atoms with van der Waals surface area (Å²) in [6.07, 6.45) is 0.739. The van der Waals surface area contributed by atoms with E-state index >= 15 is 0 Å². The first kappa shape index (κ1) is 20.3. The van der Waals surface area contributed by atoms with Gasteiger partial charge < -0.3 is 20.6 Å². The van der Waals surface area contributed by atoms with Crippen LogP contribution >= 0.6 is 11.6 Å². The van der Waals surface area contributed by atoms with E-state index in [4.69, 9.17) is 36.5 Å². The number of hydrogen-bond donors (Lipinski definition) is 4. The molecule has 1 atom stereocenters. The lowest BCUT2D eigenvalue weighted by Gasteiger charge is -2.36. The van der Waals surface area contributed by atoms with Gasteiger partial charge in [0.15, 0.2) is 0 Å². The predicted octanol–water partition coefficient (Wildman–Crippen LogP) is 0.791. The lowest BCUT2D eigenvalue weighted by atomic mass is 10.1. The van der Waals surface area contributed by atoms with Gasteiger partial charge in [-0.05, 0) is 24.1 Å². The number of piperazine rings is 1. The van der Waals surface area contributed by atoms with Gasteiger partial charge >= 0.3 is 11.9 Å². The number of hydrogen-bond acceptors (Lipinski definition) is 5. The van der Waals surface area contributed by atoms with Gasteiger partial charge in [-0.2, -0.15) is 0 Å². The zero-order chi connectivity index (χ0) is 18.1. The minimum atomic E-state index is -1.82. The summed E-state index contributed by atoms with van der Waals surface area (Å²) in [6.45, 7) is 3.59. The minimum Gasteiger partial charge on any atom is -0.473 e. The fourth-order valence-electron chi connectivity index (χ4n) is 2.32. The standard InChI is InChI=1S/C13H18ClFN2O.C2H2O4/c14-12-2-1-10(7-13(12)15)9-17-5-4-16-8-11(17)3-6-18;3-1(4)2(5)6/h1-2,7,11,16,18H,3-6,8-9H2;(H,3,4)(H,5,6). The van der Waals surface area contributed by atoms with Gasteiger partial charge in [-0.15, -0.1) is 0 Å². The Labute approximate surface area is 143 Å². The molecule has 24 heavy (non-hydrogen) atoms. The summed E-state index contributed by atoms with van der Waals surface area (Å²) < 4.78 is 13.4. The molecule has 134 valence electrons. The quantitative estimate of drug-likeness (QED) is 0.586. The number of aliphatic hydroxyl groups is 1. The Hall–Kier alpha value is -1.74. The van der Waals surface area contributed by atoms with Crippen LogP contribution in [0.3, 0.4) is 0 Å². The van der Waals surface area contributed by atoms with Crippen molar-refractivity contribution in [3.05, 3.63) is 34.6 Å². The molecule has 0 aromatic heterocycles. The molecule has 4 N–H and O–H groups in total. The topological polar surface area (TPSA) is 110 Å². The summed E-state index contributed by atoms with van der Waals surface area (Å²) in [6, 6.07) is 5.24. The fourth-order valence-corrected chi connectivity index (χ4v) is 2.43. The maximum Gasteiger partial charge on any atom is 0.414 e. The molecule has 0 aliphatic carbocycles. The molecule has 0 amide bonds. The molecule has 1 fully saturated rings. The Morgan fingerprint density at radius 3 is 2.54 bits per heavy atom. The summed E-state index contributed by atoms with van der Waals surface area (Å²) in [5.74, 6) is -4.02.